The highest BCUT2D eigenvalue weighted by atomic mass is 32.2. The van der Waals surface area contributed by atoms with Crippen molar-refractivity contribution >= 4 is 31.7 Å². The van der Waals surface area contributed by atoms with E-state index >= 15 is 0 Å². The van der Waals surface area contributed by atoms with E-state index in [2.05, 4.69) is 4.72 Å². The Morgan fingerprint density at radius 2 is 1.90 bits per heavy atom. The third-order valence-corrected chi connectivity index (χ3v) is 5.17. The molecule has 0 heterocycles. The normalized spacial score (nSPS) is 12.3. The number of hydrogen-bond acceptors (Lipinski definition) is 5. The number of carboxylic acids is 1. The highest BCUT2D eigenvalue weighted by molar-refractivity contribution is 7.91. The van der Waals surface area contributed by atoms with E-state index in [-0.39, 0.29) is 23.5 Å². The van der Waals surface area contributed by atoms with Gasteiger partial charge in [-0.15, -0.1) is 0 Å². The fourth-order valence-electron chi connectivity index (χ4n) is 1.39. The summed E-state index contributed by atoms with van der Waals surface area (Å²) in [6, 6.07) is 5.35. The van der Waals surface area contributed by atoms with Crippen LogP contribution < -0.4 is 4.72 Å². The third-order valence-electron chi connectivity index (χ3n) is 2.56. The number of sulfone groups is 1. The summed E-state index contributed by atoms with van der Waals surface area (Å²) in [6.45, 7) is -0.198. The lowest BCUT2D eigenvalue weighted by molar-refractivity contribution is -0.137. The Balaban J connectivity index is 2.92. The summed E-state index contributed by atoms with van der Waals surface area (Å²) in [4.78, 5) is 10.4. The van der Waals surface area contributed by atoms with Crippen molar-refractivity contribution in [3.63, 3.8) is 0 Å². The van der Waals surface area contributed by atoms with Gasteiger partial charge < -0.3 is 5.11 Å². The average molecular weight is 336 g/mol. The predicted octanol–water partition coefficient (Wildman–Crippen LogP) is 0.153. The molecule has 1 aromatic rings. The zero-order chi connectivity index (χ0) is 16.3. The second-order valence-electron chi connectivity index (χ2n) is 4.37. The molecule has 1 rings (SSSR count). The topological polar surface area (TPSA) is 121 Å². The summed E-state index contributed by atoms with van der Waals surface area (Å²) in [5.74, 6) is -1.11. The summed E-state index contributed by atoms with van der Waals surface area (Å²) >= 11 is 0. The highest BCUT2D eigenvalue weighted by Gasteiger charge is 2.19. The Morgan fingerprint density at radius 3 is 2.43 bits per heavy atom. The lowest BCUT2D eigenvalue weighted by Crippen LogP contribution is -2.34. The monoisotopic (exact) mass is 336 g/mol. The molecular weight excluding hydrogens is 320 g/mol. The van der Waals surface area contributed by atoms with Gasteiger partial charge in [0.1, 0.15) is 0 Å². The summed E-state index contributed by atoms with van der Waals surface area (Å²) in [5, 5.41) is 8.54. The van der Waals surface area contributed by atoms with Gasteiger partial charge in [0.15, 0.2) is 9.84 Å². The largest absolute Gasteiger partial charge is 0.481 e. The summed E-state index contributed by atoms with van der Waals surface area (Å²) in [5.41, 5.74) is 0.0834. The fraction of sp³-hybridized carbons (Fsp3) is 0.364. The van der Waals surface area contributed by atoms with E-state index in [1.54, 1.807) is 0 Å². The second kappa shape index (κ2) is 6.41. The van der Waals surface area contributed by atoms with Crippen molar-refractivity contribution in [1.82, 2.24) is 4.31 Å². The van der Waals surface area contributed by atoms with Crippen LogP contribution in [-0.2, 0) is 24.8 Å². The van der Waals surface area contributed by atoms with Crippen molar-refractivity contribution in [2.24, 2.45) is 0 Å². The Morgan fingerprint density at radius 1 is 1.29 bits per heavy atom. The molecule has 0 amide bonds. The smallest absolute Gasteiger partial charge is 0.304 e. The minimum atomic E-state index is -3.95. The minimum Gasteiger partial charge on any atom is -0.481 e. The third kappa shape index (κ3) is 5.33. The van der Waals surface area contributed by atoms with Crippen LogP contribution in [0.4, 0.5) is 5.69 Å². The fourth-order valence-corrected chi connectivity index (χ4v) is 2.97. The number of aliphatic carboxylic acids is 1. The van der Waals surface area contributed by atoms with Crippen LogP contribution >= 0.6 is 0 Å². The van der Waals surface area contributed by atoms with Gasteiger partial charge in [0, 0.05) is 19.8 Å². The highest BCUT2D eigenvalue weighted by Crippen LogP contribution is 2.17. The Kier molecular flexibility index (Phi) is 5.31. The summed E-state index contributed by atoms with van der Waals surface area (Å²) < 4.78 is 49.7. The molecule has 0 aliphatic carbocycles. The van der Waals surface area contributed by atoms with E-state index in [0.717, 1.165) is 10.6 Å². The van der Waals surface area contributed by atoms with Gasteiger partial charge in [-0.1, -0.05) is 6.07 Å². The van der Waals surface area contributed by atoms with Gasteiger partial charge in [0.05, 0.1) is 17.0 Å². The molecule has 8 nitrogen and oxygen atoms in total. The van der Waals surface area contributed by atoms with Crippen molar-refractivity contribution < 1.29 is 26.7 Å². The Hall–Kier alpha value is -1.65. The van der Waals surface area contributed by atoms with Crippen LogP contribution in [0.2, 0.25) is 0 Å². The van der Waals surface area contributed by atoms with Gasteiger partial charge in [-0.25, -0.2) is 8.42 Å². The van der Waals surface area contributed by atoms with Crippen molar-refractivity contribution in [2.45, 2.75) is 11.3 Å². The molecule has 2 N–H and O–H groups in total. The van der Waals surface area contributed by atoms with Gasteiger partial charge in [-0.3, -0.25) is 9.52 Å². The van der Waals surface area contributed by atoms with Gasteiger partial charge in [-0.2, -0.15) is 12.7 Å². The SMILES string of the molecule is CN(CCC(=O)O)S(=O)(=O)Nc1cccc(S(C)(=O)=O)c1. The van der Waals surface area contributed by atoms with Crippen LogP contribution in [0.15, 0.2) is 29.2 Å². The first-order valence-electron chi connectivity index (χ1n) is 5.78. The van der Waals surface area contributed by atoms with Gasteiger partial charge in [-0.05, 0) is 18.2 Å². The zero-order valence-corrected chi connectivity index (χ0v) is 13.1. The molecule has 10 heteroatoms. The van der Waals surface area contributed by atoms with Gasteiger partial charge in [0.25, 0.3) is 0 Å². The number of benzene rings is 1. The minimum absolute atomic E-state index is 0.0177. The maximum Gasteiger partial charge on any atom is 0.304 e. The first-order valence-corrected chi connectivity index (χ1v) is 9.11. The van der Waals surface area contributed by atoms with Gasteiger partial charge >= 0.3 is 16.2 Å². The molecule has 0 saturated heterocycles. The molecular formula is C11H16N2O6S2. The number of nitrogens with zero attached hydrogens (tertiary/aromatic N) is 1. The van der Waals surface area contributed by atoms with Crippen LogP contribution in [0, 0.1) is 0 Å². The molecule has 0 saturated carbocycles. The molecule has 0 fully saturated rings. The number of carboxylic acid groups (broad SMARTS) is 1. The van der Waals surface area contributed by atoms with Crippen molar-refractivity contribution in [3.05, 3.63) is 24.3 Å². The maximum atomic E-state index is 11.9. The number of nitrogens with one attached hydrogen (secondary N) is 1. The molecule has 0 bridgehead atoms. The van der Waals surface area contributed by atoms with Crippen molar-refractivity contribution in [1.29, 1.82) is 0 Å². The maximum absolute atomic E-state index is 11.9. The Labute approximate surface area is 123 Å². The molecule has 1 aromatic carbocycles. The quantitative estimate of drug-likeness (QED) is 0.731. The van der Waals surface area contributed by atoms with Crippen LogP contribution in [0.5, 0.6) is 0 Å². The van der Waals surface area contributed by atoms with E-state index in [4.69, 9.17) is 5.11 Å². The van der Waals surface area contributed by atoms with Crippen LogP contribution in [0.3, 0.4) is 0 Å². The zero-order valence-electron chi connectivity index (χ0n) is 11.5. The number of anilines is 1. The first kappa shape index (κ1) is 17.4. The number of rotatable bonds is 7. The number of hydrogen-bond donors (Lipinski definition) is 2. The molecule has 0 aromatic heterocycles. The van der Waals surface area contributed by atoms with Gasteiger partial charge in [0.2, 0.25) is 0 Å². The molecule has 0 aliphatic heterocycles. The number of carbonyl (C=O) groups is 1. The first-order chi connectivity index (χ1) is 9.52. The summed E-state index contributed by atoms with van der Waals surface area (Å²) in [6.07, 6.45) is 0.681. The molecule has 0 unspecified atom stereocenters. The van der Waals surface area contributed by atoms with Crippen LogP contribution in [0.1, 0.15) is 6.42 Å². The molecule has 0 aliphatic rings. The van der Waals surface area contributed by atoms with Crippen LogP contribution in [0.25, 0.3) is 0 Å². The molecule has 0 spiro atoms. The average Bonchev–Trinajstić information content (AvgIpc) is 2.34. The van der Waals surface area contributed by atoms with Crippen molar-refractivity contribution in [3.8, 4) is 0 Å². The van der Waals surface area contributed by atoms with E-state index in [1.807, 2.05) is 0 Å². The molecule has 21 heavy (non-hydrogen) atoms. The van der Waals surface area contributed by atoms with E-state index < -0.39 is 26.0 Å². The van der Waals surface area contributed by atoms with E-state index in [0.29, 0.717) is 0 Å². The Bertz CT molecular complexity index is 727. The predicted molar refractivity (Wildman–Crippen MR) is 77.0 cm³/mol. The standard InChI is InChI=1S/C11H16N2O6S2/c1-13(7-6-11(14)15)21(18,19)12-9-4-3-5-10(8-9)20(2,16)17/h3-5,8,12H,6-7H2,1-2H3,(H,14,15). The van der Waals surface area contributed by atoms with Crippen LogP contribution in [-0.4, -0.2) is 52.1 Å². The van der Waals surface area contributed by atoms with E-state index in [1.165, 1.54) is 31.3 Å². The summed E-state index contributed by atoms with van der Waals surface area (Å²) in [7, 11) is -6.17. The lowest BCUT2D eigenvalue weighted by Gasteiger charge is -2.17. The molecule has 118 valence electrons. The molecule has 0 atom stereocenters. The lowest BCUT2D eigenvalue weighted by atomic mass is 10.3. The van der Waals surface area contributed by atoms with Crippen molar-refractivity contribution in [2.75, 3.05) is 24.6 Å². The second-order valence-corrected chi connectivity index (χ2v) is 8.17. The molecule has 0 radical (unpaired) electrons. The van der Waals surface area contributed by atoms with E-state index in [9.17, 15) is 21.6 Å².